The molecule has 0 amide bonds. The van der Waals surface area contributed by atoms with Gasteiger partial charge in [0.1, 0.15) is 0 Å². The number of pyridine rings is 1. The lowest BCUT2D eigenvalue weighted by atomic mass is 10.2. The molecule has 0 bridgehead atoms. The van der Waals surface area contributed by atoms with Crippen LogP contribution in [0.4, 0.5) is 5.69 Å². The summed E-state index contributed by atoms with van der Waals surface area (Å²) in [5.74, 6) is 0.602. The molecule has 0 atom stereocenters. The topological polar surface area (TPSA) is 48.1 Å². The summed E-state index contributed by atoms with van der Waals surface area (Å²) in [7, 11) is 1.60. The first-order chi connectivity index (χ1) is 6.77. The third-order valence-electron chi connectivity index (χ3n) is 1.67. The number of nitrogens with zero attached hydrogens (tertiary/aromatic N) is 1. The lowest BCUT2D eigenvalue weighted by molar-refractivity contribution is 0.397. The molecule has 2 N–H and O–H groups in total. The molecule has 0 aromatic carbocycles. The van der Waals surface area contributed by atoms with E-state index in [9.17, 15) is 0 Å². The summed E-state index contributed by atoms with van der Waals surface area (Å²) in [6.07, 6.45) is 6.57. The zero-order valence-corrected chi connectivity index (χ0v) is 9.62. The molecule has 1 rings (SSSR count). The van der Waals surface area contributed by atoms with Crippen molar-refractivity contribution in [1.82, 2.24) is 4.98 Å². The van der Waals surface area contributed by atoms with Crippen LogP contribution < -0.4 is 10.5 Å². The van der Waals surface area contributed by atoms with Gasteiger partial charge in [0.15, 0.2) is 0 Å². The smallest absolute Gasteiger partial charge is 0.220 e. The first-order valence-electron chi connectivity index (χ1n) is 4.30. The molecule has 0 unspecified atom stereocenters. The van der Waals surface area contributed by atoms with E-state index in [2.05, 4.69) is 20.9 Å². The minimum Gasteiger partial charge on any atom is -0.481 e. The van der Waals surface area contributed by atoms with Crippen LogP contribution in [0.1, 0.15) is 12.0 Å². The Morgan fingerprint density at radius 2 is 2.43 bits per heavy atom. The number of allylic oxidation sites excluding steroid dienone is 1. The van der Waals surface area contributed by atoms with Crippen LogP contribution in [-0.2, 0) is 0 Å². The Balaban J connectivity index is 2.87. The molecule has 1 aromatic heterocycles. The second kappa shape index (κ2) is 5.65. The van der Waals surface area contributed by atoms with E-state index in [0.29, 0.717) is 11.6 Å². The fraction of sp³-hybridized carbons (Fsp3) is 0.300. The van der Waals surface area contributed by atoms with Gasteiger partial charge in [-0.25, -0.2) is 4.98 Å². The van der Waals surface area contributed by atoms with Crippen molar-refractivity contribution in [3.63, 3.8) is 0 Å². The summed E-state index contributed by atoms with van der Waals surface area (Å²) >= 11 is 3.35. The van der Waals surface area contributed by atoms with E-state index < -0.39 is 0 Å². The predicted octanol–water partition coefficient (Wildman–Crippen LogP) is 2.47. The molecule has 0 aliphatic carbocycles. The van der Waals surface area contributed by atoms with Crippen molar-refractivity contribution < 1.29 is 4.74 Å². The summed E-state index contributed by atoms with van der Waals surface area (Å²) in [5.41, 5.74) is 7.18. The van der Waals surface area contributed by atoms with Crippen molar-refractivity contribution in [2.24, 2.45) is 0 Å². The van der Waals surface area contributed by atoms with Crippen LogP contribution in [0.15, 0.2) is 18.3 Å². The van der Waals surface area contributed by atoms with Crippen molar-refractivity contribution in [3.8, 4) is 5.88 Å². The number of ether oxygens (including phenoxy) is 1. The molecule has 0 saturated carbocycles. The lowest BCUT2D eigenvalue weighted by Crippen LogP contribution is -1.93. The molecule has 0 aliphatic heterocycles. The van der Waals surface area contributed by atoms with Crippen LogP contribution in [0.5, 0.6) is 5.88 Å². The molecule has 0 radical (unpaired) electrons. The number of methoxy groups -OCH3 is 1. The number of alkyl halides is 1. The molecule has 0 saturated heterocycles. The van der Waals surface area contributed by atoms with Gasteiger partial charge in [0.2, 0.25) is 5.88 Å². The van der Waals surface area contributed by atoms with Gasteiger partial charge in [-0.3, -0.25) is 0 Å². The Kier molecular flexibility index (Phi) is 4.46. The summed E-state index contributed by atoms with van der Waals surface area (Å²) in [6.45, 7) is 0. The number of halogens is 1. The van der Waals surface area contributed by atoms with Gasteiger partial charge in [-0.15, -0.1) is 0 Å². The van der Waals surface area contributed by atoms with E-state index in [0.717, 1.165) is 17.3 Å². The monoisotopic (exact) mass is 256 g/mol. The molecule has 0 aliphatic rings. The lowest BCUT2D eigenvalue weighted by Gasteiger charge is -2.03. The molecule has 0 fully saturated rings. The van der Waals surface area contributed by atoms with E-state index in [1.165, 1.54) is 0 Å². The standard InChI is InChI=1S/C10H13BrN2O/c1-14-10-8(4-2-3-5-11)6-9(12)7-13-10/h2,4,6-7H,3,5,12H2,1H3. The first kappa shape index (κ1) is 11.0. The van der Waals surface area contributed by atoms with E-state index in [1.54, 1.807) is 13.3 Å². The van der Waals surface area contributed by atoms with Gasteiger partial charge in [-0.2, -0.15) is 0 Å². The molecule has 1 heterocycles. The van der Waals surface area contributed by atoms with E-state index >= 15 is 0 Å². The van der Waals surface area contributed by atoms with Crippen molar-refractivity contribution in [2.75, 3.05) is 18.2 Å². The highest BCUT2D eigenvalue weighted by Gasteiger charge is 2.00. The van der Waals surface area contributed by atoms with E-state index in [-0.39, 0.29) is 0 Å². The fourth-order valence-corrected chi connectivity index (χ4v) is 1.31. The number of rotatable bonds is 4. The maximum atomic E-state index is 5.63. The Morgan fingerprint density at radius 1 is 1.64 bits per heavy atom. The molecule has 0 spiro atoms. The largest absolute Gasteiger partial charge is 0.481 e. The zero-order valence-electron chi connectivity index (χ0n) is 8.03. The predicted molar refractivity (Wildman–Crippen MR) is 62.6 cm³/mol. The molecular weight excluding hydrogens is 244 g/mol. The van der Waals surface area contributed by atoms with Gasteiger partial charge >= 0.3 is 0 Å². The Hall–Kier alpha value is -1.03. The average molecular weight is 257 g/mol. The third kappa shape index (κ3) is 3.03. The number of hydrogen-bond donors (Lipinski definition) is 1. The first-order valence-corrected chi connectivity index (χ1v) is 5.42. The quantitative estimate of drug-likeness (QED) is 0.843. The SMILES string of the molecule is COc1ncc(N)cc1C=CCCBr. The Bertz CT molecular complexity index is 326. The second-order valence-electron chi connectivity index (χ2n) is 2.75. The highest BCUT2D eigenvalue weighted by Crippen LogP contribution is 2.19. The Morgan fingerprint density at radius 3 is 3.07 bits per heavy atom. The van der Waals surface area contributed by atoms with Crippen LogP contribution in [0.3, 0.4) is 0 Å². The van der Waals surface area contributed by atoms with Crippen LogP contribution in [-0.4, -0.2) is 17.4 Å². The van der Waals surface area contributed by atoms with Crippen molar-refractivity contribution >= 4 is 27.7 Å². The van der Waals surface area contributed by atoms with Crippen molar-refractivity contribution in [2.45, 2.75) is 6.42 Å². The van der Waals surface area contributed by atoms with E-state index in [1.807, 2.05) is 18.2 Å². The minimum absolute atomic E-state index is 0.602. The highest BCUT2D eigenvalue weighted by molar-refractivity contribution is 9.09. The molecule has 3 nitrogen and oxygen atoms in total. The number of nitrogen functional groups attached to an aromatic ring is 1. The maximum absolute atomic E-state index is 5.63. The second-order valence-corrected chi connectivity index (χ2v) is 3.54. The number of anilines is 1. The number of aromatic nitrogens is 1. The number of nitrogens with two attached hydrogens (primary N) is 1. The van der Waals surface area contributed by atoms with Gasteiger partial charge in [0.05, 0.1) is 19.0 Å². The van der Waals surface area contributed by atoms with Gasteiger partial charge in [0, 0.05) is 10.9 Å². The summed E-state index contributed by atoms with van der Waals surface area (Å²) in [5, 5.41) is 0.946. The van der Waals surface area contributed by atoms with Crippen LogP contribution in [0.2, 0.25) is 0 Å². The van der Waals surface area contributed by atoms with Crippen LogP contribution in [0.25, 0.3) is 6.08 Å². The summed E-state index contributed by atoms with van der Waals surface area (Å²) < 4.78 is 5.10. The van der Waals surface area contributed by atoms with Gasteiger partial charge in [-0.05, 0) is 12.5 Å². The molecule has 4 heteroatoms. The zero-order chi connectivity index (χ0) is 10.4. The minimum atomic E-state index is 0.602. The van der Waals surface area contributed by atoms with Crippen molar-refractivity contribution in [3.05, 3.63) is 23.9 Å². The van der Waals surface area contributed by atoms with Crippen molar-refractivity contribution in [1.29, 1.82) is 0 Å². The molecule has 76 valence electrons. The number of hydrogen-bond acceptors (Lipinski definition) is 3. The molecule has 14 heavy (non-hydrogen) atoms. The molecule has 1 aromatic rings. The summed E-state index contributed by atoms with van der Waals surface area (Å²) in [4.78, 5) is 4.07. The molecular formula is C10H13BrN2O. The maximum Gasteiger partial charge on any atom is 0.220 e. The normalized spacial score (nSPS) is 10.7. The third-order valence-corrected chi connectivity index (χ3v) is 2.12. The van der Waals surface area contributed by atoms with E-state index in [4.69, 9.17) is 10.5 Å². The summed E-state index contributed by atoms with van der Waals surface area (Å²) in [6, 6.07) is 1.84. The van der Waals surface area contributed by atoms with Gasteiger partial charge in [0.25, 0.3) is 0 Å². The van der Waals surface area contributed by atoms with Gasteiger partial charge in [-0.1, -0.05) is 28.1 Å². The fourth-order valence-electron chi connectivity index (χ4n) is 1.05. The van der Waals surface area contributed by atoms with Gasteiger partial charge < -0.3 is 10.5 Å². The average Bonchev–Trinajstić information content (AvgIpc) is 2.19. The van der Waals surface area contributed by atoms with Crippen LogP contribution >= 0.6 is 15.9 Å². The highest BCUT2D eigenvalue weighted by atomic mass is 79.9. The van der Waals surface area contributed by atoms with Crippen LogP contribution in [0, 0.1) is 0 Å². The Labute approximate surface area is 92.1 Å².